The van der Waals surface area contributed by atoms with Crippen LogP contribution in [-0.2, 0) is 9.47 Å². The van der Waals surface area contributed by atoms with E-state index in [1.807, 2.05) is 14.2 Å². The molecule has 4 nitrogen and oxygen atoms in total. The average molecular weight is 513 g/mol. The Labute approximate surface area is 215 Å². The number of hydrogen-bond donors (Lipinski definition) is 0. The Morgan fingerprint density at radius 2 is 1.14 bits per heavy atom. The standard InChI is InChI=1S/C29H42N2O2P2/c1-32-22-24-12-10-20-30(24)35(31-21-11-13-25(31)23-33-2)29-19-9-18-28(29)34(26-14-5-3-6-15-26)27-16-7-4-8-17-27/h3-8,14-17,24-25,28-29H,9-13,18-23H2,1-2H3/t24-,25-,28?,29?/m1/s1. The van der Waals surface area contributed by atoms with Crippen LogP contribution in [0.4, 0.5) is 0 Å². The van der Waals surface area contributed by atoms with Crippen LogP contribution in [0.2, 0.25) is 0 Å². The molecule has 2 aliphatic heterocycles. The van der Waals surface area contributed by atoms with E-state index in [1.54, 1.807) is 10.6 Å². The normalized spacial score (nSPS) is 28.0. The Balaban J connectivity index is 1.53. The highest BCUT2D eigenvalue weighted by atomic mass is 31.1. The first kappa shape index (κ1) is 25.8. The molecule has 2 saturated heterocycles. The second kappa shape index (κ2) is 12.6. The Morgan fingerprint density at radius 1 is 0.657 bits per heavy atom. The molecule has 190 valence electrons. The molecule has 1 aliphatic carbocycles. The molecule has 0 N–H and O–H groups in total. The SMILES string of the molecule is COC[C@H]1CCCN1P(C1CCCC1P(c1ccccc1)c1ccccc1)N1CCC[C@@H]1COC. The van der Waals surface area contributed by atoms with E-state index in [0.29, 0.717) is 12.1 Å². The highest BCUT2D eigenvalue weighted by Crippen LogP contribution is 2.64. The van der Waals surface area contributed by atoms with Crippen molar-refractivity contribution in [3.05, 3.63) is 60.7 Å². The van der Waals surface area contributed by atoms with Gasteiger partial charge >= 0.3 is 0 Å². The first-order valence-corrected chi connectivity index (χ1v) is 16.2. The largest absolute Gasteiger partial charge is 0.383 e. The van der Waals surface area contributed by atoms with Crippen molar-refractivity contribution >= 4 is 26.8 Å². The van der Waals surface area contributed by atoms with Crippen molar-refractivity contribution < 1.29 is 9.47 Å². The first-order chi connectivity index (χ1) is 17.3. The molecule has 0 bridgehead atoms. The molecular weight excluding hydrogens is 470 g/mol. The van der Waals surface area contributed by atoms with Gasteiger partial charge in [0, 0.05) is 53.3 Å². The van der Waals surface area contributed by atoms with Crippen molar-refractivity contribution in [1.82, 2.24) is 9.34 Å². The van der Waals surface area contributed by atoms with E-state index in [4.69, 9.17) is 9.47 Å². The summed E-state index contributed by atoms with van der Waals surface area (Å²) in [5.74, 6) is 0. The number of methoxy groups -OCH3 is 2. The molecule has 0 radical (unpaired) electrons. The van der Waals surface area contributed by atoms with Gasteiger partial charge in [-0.1, -0.05) is 67.1 Å². The third-order valence-corrected chi connectivity index (χ3v) is 14.6. The molecule has 6 heteroatoms. The lowest BCUT2D eigenvalue weighted by Crippen LogP contribution is -2.43. The summed E-state index contributed by atoms with van der Waals surface area (Å²) >= 11 is 0. The van der Waals surface area contributed by atoms with Crippen LogP contribution < -0.4 is 10.6 Å². The van der Waals surface area contributed by atoms with Crippen molar-refractivity contribution in [2.45, 2.75) is 68.3 Å². The zero-order valence-electron chi connectivity index (χ0n) is 21.5. The Bertz CT molecular complexity index is 839. The van der Waals surface area contributed by atoms with E-state index in [2.05, 4.69) is 70.0 Å². The van der Waals surface area contributed by atoms with Crippen molar-refractivity contribution in [2.75, 3.05) is 40.5 Å². The zero-order chi connectivity index (χ0) is 24.0. The van der Waals surface area contributed by atoms with Crippen LogP contribution in [0.3, 0.4) is 0 Å². The Hall–Kier alpha value is -0.860. The molecule has 2 aromatic rings. The van der Waals surface area contributed by atoms with Gasteiger partial charge in [0.2, 0.25) is 0 Å². The monoisotopic (exact) mass is 512 g/mol. The summed E-state index contributed by atoms with van der Waals surface area (Å²) in [6.07, 6.45) is 9.24. The van der Waals surface area contributed by atoms with Crippen LogP contribution in [-0.4, -0.2) is 73.3 Å². The lowest BCUT2D eigenvalue weighted by molar-refractivity contribution is 0.136. The van der Waals surface area contributed by atoms with Crippen LogP contribution in [0.25, 0.3) is 0 Å². The molecule has 0 spiro atoms. The number of rotatable bonds is 10. The molecule has 1 saturated carbocycles. The van der Waals surface area contributed by atoms with E-state index in [1.165, 1.54) is 58.0 Å². The minimum absolute atomic E-state index is 0.395. The predicted octanol–water partition coefficient (Wildman–Crippen LogP) is 5.57. The predicted molar refractivity (Wildman–Crippen MR) is 151 cm³/mol. The lowest BCUT2D eigenvalue weighted by atomic mass is 10.2. The number of hydrogen-bond acceptors (Lipinski definition) is 4. The summed E-state index contributed by atoms with van der Waals surface area (Å²) in [6.45, 7) is 4.19. The van der Waals surface area contributed by atoms with Gasteiger partial charge in [-0.3, -0.25) is 9.34 Å². The Morgan fingerprint density at radius 3 is 1.63 bits per heavy atom. The molecule has 0 amide bonds. The van der Waals surface area contributed by atoms with Crippen molar-refractivity contribution in [3.63, 3.8) is 0 Å². The smallest absolute Gasteiger partial charge is 0.0621 e. The molecule has 3 fully saturated rings. The molecule has 4 atom stereocenters. The lowest BCUT2D eigenvalue weighted by Gasteiger charge is -2.47. The van der Waals surface area contributed by atoms with E-state index >= 15 is 0 Å². The molecule has 0 aromatic heterocycles. The summed E-state index contributed by atoms with van der Waals surface area (Å²) in [7, 11) is 2.97. The van der Waals surface area contributed by atoms with Crippen molar-refractivity contribution in [1.29, 1.82) is 0 Å². The average Bonchev–Trinajstić information content (AvgIpc) is 3.65. The van der Waals surface area contributed by atoms with Gasteiger partial charge in [0.15, 0.2) is 0 Å². The van der Waals surface area contributed by atoms with E-state index < -0.39 is 16.1 Å². The van der Waals surface area contributed by atoms with Gasteiger partial charge in [0.05, 0.1) is 13.2 Å². The van der Waals surface area contributed by atoms with E-state index in [-0.39, 0.29) is 0 Å². The van der Waals surface area contributed by atoms with Crippen molar-refractivity contribution in [2.24, 2.45) is 0 Å². The number of benzene rings is 2. The van der Waals surface area contributed by atoms with E-state index in [9.17, 15) is 0 Å². The molecule has 35 heavy (non-hydrogen) atoms. The van der Waals surface area contributed by atoms with Crippen molar-refractivity contribution in [3.8, 4) is 0 Å². The van der Waals surface area contributed by atoms with Gasteiger partial charge in [-0.2, -0.15) is 0 Å². The van der Waals surface area contributed by atoms with Crippen LogP contribution >= 0.6 is 16.1 Å². The molecular formula is C29H42N2O2P2. The van der Waals surface area contributed by atoms with Crippen LogP contribution in [0.15, 0.2) is 60.7 Å². The summed E-state index contributed by atoms with van der Waals surface area (Å²) < 4.78 is 17.4. The summed E-state index contributed by atoms with van der Waals surface area (Å²) in [5.41, 5.74) is 1.47. The minimum Gasteiger partial charge on any atom is -0.383 e. The summed E-state index contributed by atoms with van der Waals surface area (Å²) in [5, 5.41) is 3.09. The van der Waals surface area contributed by atoms with Gasteiger partial charge in [-0.25, -0.2) is 0 Å². The first-order valence-electron chi connectivity index (χ1n) is 13.5. The van der Waals surface area contributed by atoms with E-state index in [0.717, 1.165) is 24.5 Å². The minimum atomic E-state index is -0.396. The van der Waals surface area contributed by atoms with Crippen LogP contribution in [0, 0.1) is 0 Å². The van der Waals surface area contributed by atoms with Crippen LogP contribution in [0.1, 0.15) is 44.9 Å². The second-order valence-corrected chi connectivity index (χ2v) is 15.0. The third-order valence-electron chi connectivity index (χ3n) is 8.08. The van der Waals surface area contributed by atoms with Gasteiger partial charge in [0.25, 0.3) is 0 Å². The molecule has 2 heterocycles. The summed E-state index contributed by atoms with van der Waals surface area (Å²) in [4.78, 5) is 0. The quantitative estimate of drug-likeness (QED) is 0.389. The van der Waals surface area contributed by atoms with Gasteiger partial charge in [0.1, 0.15) is 0 Å². The maximum absolute atomic E-state index is 5.75. The van der Waals surface area contributed by atoms with Gasteiger partial charge in [-0.15, -0.1) is 0 Å². The highest BCUT2D eigenvalue weighted by Gasteiger charge is 2.48. The number of ether oxygens (including phenoxy) is 2. The molecule has 2 unspecified atom stereocenters. The Kier molecular flexibility index (Phi) is 9.27. The fraction of sp³-hybridized carbons (Fsp3) is 0.586. The fourth-order valence-corrected chi connectivity index (χ4v) is 14.0. The highest BCUT2D eigenvalue weighted by molar-refractivity contribution is 7.74. The molecule has 3 aliphatic rings. The van der Waals surface area contributed by atoms with Gasteiger partial charge < -0.3 is 9.47 Å². The molecule has 5 rings (SSSR count). The number of nitrogens with zero attached hydrogens (tertiary/aromatic N) is 2. The molecule has 2 aromatic carbocycles. The van der Waals surface area contributed by atoms with Gasteiger partial charge in [-0.05, 0) is 62.7 Å². The second-order valence-electron chi connectivity index (χ2n) is 10.3. The van der Waals surface area contributed by atoms with Crippen LogP contribution in [0.5, 0.6) is 0 Å². The summed E-state index contributed by atoms with van der Waals surface area (Å²) in [6, 6.07) is 24.0. The third kappa shape index (κ3) is 5.69. The maximum Gasteiger partial charge on any atom is 0.0621 e. The fourth-order valence-electron chi connectivity index (χ4n) is 6.63. The zero-order valence-corrected chi connectivity index (χ0v) is 23.3. The topological polar surface area (TPSA) is 24.9 Å². The maximum atomic E-state index is 5.75.